The standard InChI is InChI=1S/C32H43NOSi/c1-24(2)32(4,5)35(6,7)29(23-26-17-11-8-12-18-26)31(34)25(3)30(27-19-13-9-14-20-27)33-28-21-15-10-16-22-28/h8-22,24-25,29-30,33H,23H2,1-7H3/t25-,29+,30+/m1/s1. The van der Waals surface area contributed by atoms with Crippen molar-refractivity contribution in [3.05, 3.63) is 102 Å². The largest absolute Gasteiger partial charge is 0.378 e. The fraction of sp³-hybridized carbons (Fsp3) is 0.406. The van der Waals surface area contributed by atoms with Crippen LogP contribution in [-0.2, 0) is 11.2 Å². The van der Waals surface area contributed by atoms with Gasteiger partial charge in [0.2, 0.25) is 0 Å². The molecule has 2 nitrogen and oxygen atoms in total. The van der Waals surface area contributed by atoms with Crippen LogP contribution in [0.25, 0.3) is 0 Å². The van der Waals surface area contributed by atoms with E-state index in [0.29, 0.717) is 11.7 Å². The van der Waals surface area contributed by atoms with Gasteiger partial charge in [-0.2, -0.15) is 0 Å². The summed E-state index contributed by atoms with van der Waals surface area (Å²) in [6, 6.07) is 31.2. The zero-order chi connectivity index (χ0) is 25.6. The lowest BCUT2D eigenvalue weighted by Gasteiger charge is -2.48. The van der Waals surface area contributed by atoms with Crippen molar-refractivity contribution >= 4 is 19.5 Å². The second-order valence-corrected chi connectivity index (χ2v) is 16.9. The van der Waals surface area contributed by atoms with E-state index in [1.807, 2.05) is 24.3 Å². The van der Waals surface area contributed by atoms with Gasteiger partial charge in [0.15, 0.2) is 0 Å². The van der Waals surface area contributed by atoms with Crippen LogP contribution in [0.2, 0.25) is 23.7 Å². The molecule has 3 rings (SSSR count). The molecule has 0 unspecified atom stereocenters. The summed E-state index contributed by atoms with van der Waals surface area (Å²) >= 11 is 0. The predicted octanol–water partition coefficient (Wildman–Crippen LogP) is 8.80. The van der Waals surface area contributed by atoms with Gasteiger partial charge in [-0.1, -0.05) is 127 Å². The lowest BCUT2D eigenvalue weighted by atomic mass is 9.88. The average molecular weight is 486 g/mol. The van der Waals surface area contributed by atoms with Gasteiger partial charge in [0, 0.05) is 17.1 Å². The fourth-order valence-corrected chi connectivity index (χ4v) is 9.21. The zero-order valence-corrected chi connectivity index (χ0v) is 23.6. The molecular formula is C32H43NOSi. The van der Waals surface area contributed by atoms with Crippen molar-refractivity contribution in [1.82, 2.24) is 0 Å². The second kappa shape index (κ2) is 11.4. The molecule has 0 aliphatic carbocycles. The first-order valence-electron chi connectivity index (χ1n) is 13.0. The molecule has 0 radical (unpaired) electrons. The quantitative estimate of drug-likeness (QED) is 0.275. The van der Waals surface area contributed by atoms with E-state index in [0.717, 1.165) is 17.7 Å². The lowest BCUT2D eigenvalue weighted by Crippen LogP contribution is -2.51. The number of Topliss-reactive ketones (excluding diaryl/α,β-unsaturated/α-hetero) is 1. The van der Waals surface area contributed by atoms with Crippen LogP contribution in [0, 0.1) is 11.8 Å². The van der Waals surface area contributed by atoms with Crippen LogP contribution in [0.4, 0.5) is 5.69 Å². The normalized spacial score (nSPS) is 14.9. The number of carbonyl (C=O) groups excluding carboxylic acids is 1. The van der Waals surface area contributed by atoms with Crippen molar-refractivity contribution < 1.29 is 4.79 Å². The Morgan fingerprint density at radius 3 is 1.80 bits per heavy atom. The Kier molecular flexibility index (Phi) is 8.77. The Hall–Kier alpha value is -2.65. The van der Waals surface area contributed by atoms with Gasteiger partial charge < -0.3 is 5.32 Å². The summed E-state index contributed by atoms with van der Waals surface area (Å²) in [6.45, 7) is 16.4. The van der Waals surface area contributed by atoms with Crippen LogP contribution in [0.1, 0.15) is 51.8 Å². The number of hydrogen-bond acceptors (Lipinski definition) is 2. The maximum Gasteiger partial charge on any atom is 0.138 e. The maximum absolute atomic E-state index is 14.6. The SMILES string of the molecule is CC(C)C(C)(C)[Si](C)(C)[C@@H](Cc1ccccc1)C(=O)[C@H](C)[C@H](Nc1ccccc1)c1ccccc1. The molecule has 3 heteroatoms. The minimum Gasteiger partial charge on any atom is -0.378 e. The molecule has 0 fully saturated rings. The molecule has 0 amide bonds. The Bertz CT molecular complexity index is 1060. The number of rotatable bonds is 11. The number of nitrogens with one attached hydrogen (secondary N) is 1. The van der Waals surface area contributed by atoms with Crippen LogP contribution in [0.5, 0.6) is 0 Å². The van der Waals surface area contributed by atoms with Gasteiger partial charge in [0.05, 0.1) is 14.1 Å². The molecule has 0 aliphatic heterocycles. The predicted molar refractivity (Wildman–Crippen MR) is 154 cm³/mol. The summed E-state index contributed by atoms with van der Waals surface area (Å²) in [5.41, 5.74) is 3.48. The first-order valence-corrected chi connectivity index (χ1v) is 16.1. The van der Waals surface area contributed by atoms with Crippen LogP contribution >= 0.6 is 0 Å². The third kappa shape index (κ3) is 6.13. The molecule has 0 saturated heterocycles. The highest BCUT2D eigenvalue weighted by Crippen LogP contribution is 2.51. The van der Waals surface area contributed by atoms with Crippen molar-refractivity contribution in [2.75, 3.05) is 5.32 Å². The summed E-state index contributed by atoms with van der Waals surface area (Å²) in [5, 5.41) is 3.82. The van der Waals surface area contributed by atoms with E-state index in [1.165, 1.54) is 5.56 Å². The van der Waals surface area contributed by atoms with E-state index in [2.05, 4.69) is 120 Å². The highest BCUT2D eigenvalue weighted by molar-refractivity contribution is 6.84. The molecule has 0 aliphatic rings. The first-order chi connectivity index (χ1) is 16.6. The highest BCUT2D eigenvalue weighted by atomic mass is 28.3. The molecule has 35 heavy (non-hydrogen) atoms. The van der Waals surface area contributed by atoms with Crippen molar-refractivity contribution in [3.8, 4) is 0 Å². The topological polar surface area (TPSA) is 29.1 Å². The summed E-state index contributed by atoms with van der Waals surface area (Å²) in [6.07, 6.45) is 0.812. The number of para-hydroxylation sites is 1. The minimum absolute atomic E-state index is 0.0288. The van der Waals surface area contributed by atoms with Crippen LogP contribution in [0.3, 0.4) is 0 Å². The number of benzene rings is 3. The van der Waals surface area contributed by atoms with Crippen molar-refractivity contribution in [2.24, 2.45) is 11.8 Å². The molecule has 0 heterocycles. The van der Waals surface area contributed by atoms with E-state index in [4.69, 9.17) is 0 Å². The van der Waals surface area contributed by atoms with Crippen molar-refractivity contribution in [3.63, 3.8) is 0 Å². The van der Waals surface area contributed by atoms with Gasteiger partial charge in [-0.25, -0.2) is 0 Å². The summed E-state index contributed by atoms with van der Waals surface area (Å²) in [5.74, 6) is 0.732. The highest BCUT2D eigenvalue weighted by Gasteiger charge is 2.50. The van der Waals surface area contributed by atoms with Crippen molar-refractivity contribution in [2.45, 2.75) is 70.8 Å². The van der Waals surface area contributed by atoms with Gasteiger partial charge in [-0.15, -0.1) is 0 Å². The average Bonchev–Trinajstić information content (AvgIpc) is 2.86. The van der Waals surface area contributed by atoms with Gasteiger partial charge in [0.25, 0.3) is 0 Å². The van der Waals surface area contributed by atoms with E-state index in [9.17, 15) is 4.79 Å². The Morgan fingerprint density at radius 2 is 1.29 bits per heavy atom. The molecular weight excluding hydrogens is 442 g/mol. The molecule has 3 aromatic rings. The molecule has 3 aromatic carbocycles. The number of carbonyl (C=O) groups is 1. The molecule has 0 aromatic heterocycles. The third-order valence-electron chi connectivity index (χ3n) is 8.80. The third-order valence-corrected chi connectivity index (χ3v) is 14.9. The second-order valence-electron chi connectivity index (χ2n) is 11.4. The number of hydrogen-bond donors (Lipinski definition) is 1. The Morgan fingerprint density at radius 1 is 0.800 bits per heavy atom. The summed E-state index contributed by atoms with van der Waals surface area (Å²) in [7, 11) is -2.05. The molecule has 0 spiro atoms. The van der Waals surface area contributed by atoms with E-state index in [-0.39, 0.29) is 22.5 Å². The van der Waals surface area contributed by atoms with Gasteiger partial charge >= 0.3 is 0 Å². The van der Waals surface area contributed by atoms with E-state index < -0.39 is 8.07 Å². The number of anilines is 1. The van der Waals surface area contributed by atoms with Gasteiger partial charge in [0.1, 0.15) is 5.78 Å². The van der Waals surface area contributed by atoms with E-state index >= 15 is 0 Å². The smallest absolute Gasteiger partial charge is 0.138 e. The van der Waals surface area contributed by atoms with Crippen LogP contribution in [-0.4, -0.2) is 13.9 Å². The van der Waals surface area contributed by atoms with Crippen molar-refractivity contribution in [1.29, 1.82) is 0 Å². The Balaban J connectivity index is 2.03. The molecule has 1 N–H and O–H groups in total. The molecule has 186 valence electrons. The number of ketones is 1. The monoisotopic (exact) mass is 485 g/mol. The summed E-state index contributed by atoms with van der Waals surface area (Å²) < 4.78 is 0. The molecule has 0 saturated carbocycles. The van der Waals surface area contributed by atoms with Crippen LogP contribution in [0.15, 0.2) is 91.0 Å². The minimum atomic E-state index is -2.05. The van der Waals surface area contributed by atoms with Gasteiger partial charge in [-0.05, 0) is 40.6 Å². The zero-order valence-electron chi connectivity index (χ0n) is 22.6. The fourth-order valence-electron chi connectivity index (χ4n) is 5.11. The lowest BCUT2D eigenvalue weighted by molar-refractivity contribution is -0.123. The molecule has 0 bridgehead atoms. The van der Waals surface area contributed by atoms with E-state index in [1.54, 1.807) is 0 Å². The van der Waals surface area contributed by atoms with Gasteiger partial charge in [-0.3, -0.25) is 4.79 Å². The maximum atomic E-state index is 14.6. The first kappa shape index (κ1) is 26.9. The molecule has 3 atom stereocenters. The Labute approximate surface area is 214 Å². The summed E-state index contributed by atoms with van der Waals surface area (Å²) in [4.78, 5) is 14.6. The van der Waals surface area contributed by atoms with Crippen LogP contribution < -0.4 is 5.32 Å².